The Balaban J connectivity index is 1.90. The molecule has 4 rings (SSSR count). The molecule has 1 atom stereocenters. The number of aromatic nitrogens is 2. The predicted octanol–water partition coefficient (Wildman–Crippen LogP) is 3.25. The van der Waals surface area contributed by atoms with Crippen molar-refractivity contribution < 1.29 is 23.8 Å². The van der Waals surface area contributed by atoms with E-state index in [4.69, 9.17) is 4.74 Å². The van der Waals surface area contributed by atoms with Crippen molar-refractivity contribution in [2.24, 2.45) is 0 Å². The van der Waals surface area contributed by atoms with Gasteiger partial charge in [-0.05, 0) is 48.0 Å². The van der Waals surface area contributed by atoms with Crippen molar-refractivity contribution in [2.45, 2.75) is 12.6 Å². The number of ether oxygens (including phenoxy) is 1. The number of halogens is 1. The number of benzene rings is 1. The van der Waals surface area contributed by atoms with E-state index in [9.17, 15) is 19.1 Å². The average molecular weight is 419 g/mol. The van der Waals surface area contributed by atoms with Crippen LogP contribution in [0, 0.1) is 5.82 Å². The van der Waals surface area contributed by atoms with Gasteiger partial charge in [-0.15, -0.1) is 0 Å². The number of hydrogen-bond donors (Lipinski definition) is 1. The molecule has 1 fully saturated rings. The van der Waals surface area contributed by atoms with Gasteiger partial charge in [0.05, 0.1) is 23.9 Å². The number of Topliss-reactive ketones (excluding diaryl/α,β-unsaturated/α-hetero) is 1. The van der Waals surface area contributed by atoms with Gasteiger partial charge < -0.3 is 14.7 Å². The van der Waals surface area contributed by atoms with E-state index in [1.54, 1.807) is 42.7 Å². The molecule has 0 aliphatic carbocycles. The SMILES string of the molecule is COc1ccc(F)cc1/C(O)=C1\C(=O)C(=O)N(Cc2ccncc2)C1c1ccccn1. The number of methoxy groups -OCH3 is 1. The quantitative estimate of drug-likeness (QED) is 0.388. The van der Waals surface area contributed by atoms with Crippen molar-refractivity contribution in [1.29, 1.82) is 0 Å². The lowest BCUT2D eigenvalue weighted by Crippen LogP contribution is -2.29. The fourth-order valence-electron chi connectivity index (χ4n) is 3.58. The van der Waals surface area contributed by atoms with Gasteiger partial charge in [-0.1, -0.05) is 6.07 Å². The van der Waals surface area contributed by atoms with Crippen LogP contribution in [0.4, 0.5) is 4.39 Å². The van der Waals surface area contributed by atoms with Crippen LogP contribution in [-0.4, -0.2) is 38.8 Å². The van der Waals surface area contributed by atoms with Crippen molar-refractivity contribution in [3.8, 4) is 5.75 Å². The molecule has 0 saturated carbocycles. The van der Waals surface area contributed by atoms with E-state index in [-0.39, 0.29) is 23.4 Å². The molecule has 0 radical (unpaired) electrons. The minimum absolute atomic E-state index is 0.0228. The van der Waals surface area contributed by atoms with E-state index in [1.165, 1.54) is 30.3 Å². The monoisotopic (exact) mass is 419 g/mol. The molecule has 2 aromatic heterocycles. The number of amides is 1. The number of pyridine rings is 2. The highest BCUT2D eigenvalue weighted by Crippen LogP contribution is 2.41. The van der Waals surface area contributed by atoms with E-state index < -0.39 is 29.3 Å². The number of nitrogens with zero attached hydrogens (tertiary/aromatic N) is 3. The van der Waals surface area contributed by atoms with Crippen LogP contribution >= 0.6 is 0 Å². The number of aliphatic hydroxyl groups excluding tert-OH is 1. The molecule has 31 heavy (non-hydrogen) atoms. The Morgan fingerprint density at radius 3 is 2.58 bits per heavy atom. The minimum atomic E-state index is -0.956. The maximum atomic E-state index is 13.9. The summed E-state index contributed by atoms with van der Waals surface area (Å²) in [5.41, 5.74) is 0.945. The molecular weight excluding hydrogens is 401 g/mol. The molecule has 1 N–H and O–H groups in total. The summed E-state index contributed by atoms with van der Waals surface area (Å²) in [6.45, 7) is 0.103. The fraction of sp³-hybridized carbons (Fsp3) is 0.130. The highest BCUT2D eigenvalue weighted by molar-refractivity contribution is 6.46. The molecule has 8 heteroatoms. The third-order valence-electron chi connectivity index (χ3n) is 5.03. The van der Waals surface area contributed by atoms with Crippen molar-refractivity contribution in [1.82, 2.24) is 14.9 Å². The normalized spacial score (nSPS) is 17.7. The Bertz CT molecular complexity index is 1170. The van der Waals surface area contributed by atoms with Crippen LogP contribution in [0.25, 0.3) is 5.76 Å². The predicted molar refractivity (Wildman–Crippen MR) is 109 cm³/mol. The first kappa shape index (κ1) is 20.2. The lowest BCUT2D eigenvalue weighted by Gasteiger charge is -2.24. The zero-order chi connectivity index (χ0) is 22.0. The van der Waals surface area contributed by atoms with Crippen LogP contribution < -0.4 is 4.74 Å². The minimum Gasteiger partial charge on any atom is -0.507 e. The van der Waals surface area contributed by atoms with Crippen molar-refractivity contribution in [2.75, 3.05) is 7.11 Å². The molecule has 1 aliphatic heterocycles. The summed E-state index contributed by atoms with van der Waals surface area (Å²) in [4.78, 5) is 35.5. The first-order chi connectivity index (χ1) is 15.0. The summed E-state index contributed by atoms with van der Waals surface area (Å²) in [7, 11) is 1.36. The number of rotatable bonds is 5. The molecule has 1 saturated heterocycles. The van der Waals surface area contributed by atoms with Crippen molar-refractivity contribution in [3.05, 3.63) is 95.3 Å². The van der Waals surface area contributed by atoms with Gasteiger partial charge in [-0.3, -0.25) is 19.6 Å². The van der Waals surface area contributed by atoms with Crippen LogP contribution in [0.5, 0.6) is 5.75 Å². The fourth-order valence-corrected chi connectivity index (χ4v) is 3.58. The summed E-state index contributed by atoms with van der Waals surface area (Å²) in [5, 5.41) is 11.1. The van der Waals surface area contributed by atoms with Gasteiger partial charge in [0.25, 0.3) is 11.7 Å². The molecule has 3 aromatic rings. The highest BCUT2D eigenvalue weighted by Gasteiger charge is 2.47. The Kier molecular flexibility index (Phi) is 5.44. The molecule has 1 aliphatic rings. The summed E-state index contributed by atoms with van der Waals surface area (Å²) < 4.78 is 19.1. The molecule has 7 nitrogen and oxygen atoms in total. The van der Waals surface area contributed by atoms with E-state index in [1.807, 2.05) is 0 Å². The van der Waals surface area contributed by atoms with Gasteiger partial charge in [-0.2, -0.15) is 0 Å². The smallest absolute Gasteiger partial charge is 0.296 e. The Morgan fingerprint density at radius 1 is 1.13 bits per heavy atom. The maximum Gasteiger partial charge on any atom is 0.296 e. The van der Waals surface area contributed by atoms with E-state index >= 15 is 0 Å². The van der Waals surface area contributed by atoms with E-state index in [0.717, 1.165) is 11.6 Å². The van der Waals surface area contributed by atoms with Gasteiger partial charge in [0, 0.05) is 25.1 Å². The second-order valence-corrected chi connectivity index (χ2v) is 6.88. The van der Waals surface area contributed by atoms with Crippen LogP contribution in [0.15, 0.2) is 72.7 Å². The Labute approximate surface area is 177 Å². The van der Waals surface area contributed by atoms with Crippen LogP contribution in [0.1, 0.15) is 22.9 Å². The molecule has 1 unspecified atom stereocenters. The second kappa shape index (κ2) is 8.35. The van der Waals surface area contributed by atoms with Crippen LogP contribution in [0.3, 0.4) is 0 Å². The zero-order valence-corrected chi connectivity index (χ0v) is 16.5. The number of aliphatic hydroxyl groups is 1. The van der Waals surface area contributed by atoms with Gasteiger partial charge in [0.15, 0.2) is 0 Å². The highest BCUT2D eigenvalue weighted by atomic mass is 19.1. The van der Waals surface area contributed by atoms with Gasteiger partial charge in [0.2, 0.25) is 0 Å². The topological polar surface area (TPSA) is 92.6 Å². The number of hydrogen-bond acceptors (Lipinski definition) is 6. The Morgan fingerprint density at radius 2 is 1.90 bits per heavy atom. The lowest BCUT2D eigenvalue weighted by atomic mass is 9.97. The molecule has 1 amide bonds. The summed E-state index contributed by atoms with van der Waals surface area (Å²) >= 11 is 0. The van der Waals surface area contributed by atoms with Gasteiger partial charge in [-0.25, -0.2) is 4.39 Å². The zero-order valence-electron chi connectivity index (χ0n) is 16.5. The van der Waals surface area contributed by atoms with E-state index in [0.29, 0.717) is 5.69 Å². The Hall–Kier alpha value is -4.07. The molecule has 0 spiro atoms. The molecular formula is C23H18FN3O4. The molecule has 1 aromatic carbocycles. The van der Waals surface area contributed by atoms with Gasteiger partial charge in [0.1, 0.15) is 23.4 Å². The first-order valence-corrected chi connectivity index (χ1v) is 9.43. The molecule has 0 bridgehead atoms. The van der Waals surface area contributed by atoms with Crippen molar-refractivity contribution in [3.63, 3.8) is 0 Å². The number of ketones is 1. The summed E-state index contributed by atoms with van der Waals surface area (Å²) in [6, 6.07) is 11.1. The maximum absolute atomic E-state index is 13.9. The third-order valence-corrected chi connectivity index (χ3v) is 5.03. The van der Waals surface area contributed by atoms with Crippen LogP contribution in [0.2, 0.25) is 0 Å². The second-order valence-electron chi connectivity index (χ2n) is 6.88. The average Bonchev–Trinajstić information content (AvgIpc) is 3.04. The molecule has 156 valence electrons. The number of carbonyl (C=O) groups is 2. The summed E-state index contributed by atoms with van der Waals surface area (Å²) in [6.07, 6.45) is 4.70. The van der Waals surface area contributed by atoms with Gasteiger partial charge >= 0.3 is 0 Å². The molecule has 3 heterocycles. The third kappa shape index (κ3) is 3.75. The van der Waals surface area contributed by atoms with Crippen LogP contribution in [-0.2, 0) is 16.1 Å². The lowest BCUT2D eigenvalue weighted by molar-refractivity contribution is -0.140. The number of carbonyl (C=O) groups excluding carboxylic acids is 2. The number of likely N-dealkylation sites (tertiary alicyclic amines) is 1. The largest absolute Gasteiger partial charge is 0.507 e. The first-order valence-electron chi connectivity index (χ1n) is 9.43. The van der Waals surface area contributed by atoms with E-state index in [2.05, 4.69) is 9.97 Å². The van der Waals surface area contributed by atoms with Crippen molar-refractivity contribution >= 4 is 17.4 Å². The summed E-state index contributed by atoms with van der Waals surface area (Å²) in [5.74, 6) is -2.65. The standard InChI is InChI=1S/C23H18FN3O4/c1-31-18-6-5-15(24)12-16(18)21(28)19-20(17-4-2-3-9-26-17)27(23(30)22(19)29)13-14-7-10-25-11-8-14/h2-12,20,28H,13H2,1H3/b21-19+.